The van der Waals surface area contributed by atoms with E-state index in [4.69, 9.17) is 0 Å². The lowest BCUT2D eigenvalue weighted by Crippen LogP contribution is -2.34. The van der Waals surface area contributed by atoms with Crippen LogP contribution in [-0.2, 0) is 11.3 Å². The Morgan fingerprint density at radius 1 is 1.28 bits per heavy atom. The molecule has 1 amide bonds. The monoisotopic (exact) mass is 336 g/mol. The molecule has 2 aromatic heterocycles. The van der Waals surface area contributed by atoms with E-state index in [0.717, 1.165) is 24.9 Å². The number of para-hydroxylation sites is 1. The number of nitrogens with one attached hydrogen (secondary N) is 1. The summed E-state index contributed by atoms with van der Waals surface area (Å²) in [6.07, 6.45) is 7.98. The summed E-state index contributed by atoms with van der Waals surface area (Å²) in [5.74, 6) is 0.197. The third-order valence-corrected chi connectivity index (χ3v) is 4.67. The summed E-state index contributed by atoms with van der Waals surface area (Å²) in [4.78, 5) is 17.6. The van der Waals surface area contributed by atoms with E-state index in [1.54, 1.807) is 11.0 Å². The maximum absolute atomic E-state index is 12.4. The minimum Gasteiger partial charge on any atom is -0.361 e. The van der Waals surface area contributed by atoms with Crippen LogP contribution in [0.2, 0.25) is 0 Å². The largest absolute Gasteiger partial charge is 0.361 e. The summed E-state index contributed by atoms with van der Waals surface area (Å²) >= 11 is 0. The molecule has 0 fully saturated rings. The number of hydrogen-bond donors (Lipinski definition) is 1. The Labute approximate surface area is 145 Å². The molecular formula is C18H20N6O. The van der Waals surface area contributed by atoms with Crippen molar-refractivity contribution in [2.45, 2.75) is 25.8 Å². The molecule has 25 heavy (non-hydrogen) atoms. The third kappa shape index (κ3) is 3.31. The zero-order chi connectivity index (χ0) is 17.1. The summed E-state index contributed by atoms with van der Waals surface area (Å²) < 4.78 is 1.65. The molecule has 0 atom stereocenters. The van der Waals surface area contributed by atoms with Crippen molar-refractivity contribution >= 4 is 22.4 Å². The number of aryl methyl sites for hydroxylation is 1. The highest BCUT2D eigenvalue weighted by Gasteiger charge is 2.19. The molecule has 0 bridgehead atoms. The predicted molar refractivity (Wildman–Crippen MR) is 94.5 cm³/mol. The van der Waals surface area contributed by atoms with Gasteiger partial charge in [-0.15, -0.1) is 5.10 Å². The number of nitrogens with zero attached hydrogens (tertiary/aromatic N) is 5. The first-order valence-electron chi connectivity index (χ1n) is 8.55. The van der Waals surface area contributed by atoms with E-state index in [1.165, 1.54) is 16.5 Å². The summed E-state index contributed by atoms with van der Waals surface area (Å²) in [7, 11) is 0. The quantitative estimate of drug-likeness (QED) is 0.775. The number of H-pyrrole nitrogens is 1. The molecule has 1 aromatic carbocycles. The van der Waals surface area contributed by atoms with Gasteiger partial charge in [-0.05, 0) is 34.9 Å². The van der Waals surface area contributed by atoms with Crippen LogP contribution in [0.15, 0.2) is 42.9 Å². The van der Waals surface area contributed by atoms with Gasteiger partial charge >= 0.3 is 0 Å². The van der Waals surface area contributed by atoms with E-state index in [-0.39, 0.29) is 5.91 Å². The summed E-state index contributed by atoms with van der Waals surface area (Å²) in [6, 6.07) is 8.32. The lowest BCUT2D eigenvalue weighted by Gasteiger charge is -2.26. The molecule has 4 rings (SSSR count). The van der Waals surface area contributed by atoms with Crippen molar-refractivity contribution in [3.63, 3.8) is 0 Å². The molecule has 0 saturated carbocycles. The van der Waals surface area contributed by atoms with Gasteiger partial charge in [0.1, 0.15) is 6.33 Å². The second-order valence-electron chi connectivity index (χ2n) is 6.24. The molecule has 3 heterocycles. The molecule has 1 aliphatic heterocycles. The molecule has 3 aromatic rings. The molecule has 1 aliphatic rings. The van der Waals surface area contributed by atoms with Gasteiger partial charge in [-0.25, -0.2) is 4.68 Å². The van der Waals surface area contributed by atoms with Gasteiger partial charge < -0.3 is 9.88 Å². The maximum atomic E-state index is 12.4. The van der Waals surface area contributed by atoms with Crippen LogP contribution in [0.3, 0.4) is 0 Å². The van der Waals surface area contributed by atoms with Gasteiger partial charge in [0, 0.05) is 48.7 Å². The second-order valence-corrected chi connectivity index (χ2v) is 6.24. The maximum Gasteiger partial charge on any atom is 0.222 e. The number of amides is 1. The van der Waals surface area contributed by atoms with Crippen LogP contribution in [-0.4, -0.2) is 49.1 Å². The third-order valence-electron chi connectivity index (χ3n) is 4.67. The Bertz CT molecular complexity index is 895. The zero-order valence-corrected chi connectivity index (χ0v) is 13.9. The average Bonchev–Trinajstić information content (AvgIpc) is 3.31. The van der Waals surface area contributed by atoms with Crippen molar-refractivity contribution in [2.24, 2.45) is 0 Å². The van der Waals surface area contributed by atoms with Gasteiger partial charge in [0.15, 0.2) is 0 Å². The first kappa shape index (κ1) is 15.6. The van der Waals surface area contributed by atoms with Crippen LogP contribution in [0.5, 0.6) is 0 Å². The number of aromatic nitrogens is 5. The van der Waals surface area contributed by atoms with Crippen molar-refractivity contribution in [1.82, 2.24) is 30.1 Å². The van der Waals surface area contributed by atoms with Gasteiger partial charge in [-0.1, -0.05) is 24.3 Å². The van der Waals surface area contributed by atoms with Gasteiger partial charge in [0.2, 0.25) is 5.91 Å². The number of tetrazole rings is 1. The van der Waals surface area contributed by atoms with Crippen molar-refractivity contribution in [2.75, 3.05) is 13.1 Å². The number of carbonyl (C=O) groups excluding carboxylic acids is 1. The summed E-state index contributed by atoms with van der Waals surface area (Å²) in [5, 5.41) is 12.2. The molecule has 0 saturated heterocycles. The smallest absolute Gasteiger partial charge is 0.222 e. The van der Waals surface area contributed by atoms with Crippen molar-refractivity contribution in [1.29, 1.82) is 0 Å². The molecule has 7 nitrogen and oxygen atoms in total. The Morgan fingerprint density at radius 2 is 2.20 bits per heavy atom. The number of benzene rings is 1. The number of fused-ring (bicyclic) bond motifs is 1. The van der Waals surface area contributed by atoms with Crippen molar-refractivity contribution in [3.8, 4) is 0 Å². The van der Waals surface area contributed by atoms with Gasteiger partial charge in [0.05, 0.1) is 0 Å². The van der Waals surface area contributed by atoms with Crippen LogP contribution in [0, 0.1) is 0 Å². The second kappa shape index (κ2) is 6.88. The molecule has 0 spiro atoms. The molecule has 0 aliphatic carbocycles. The number of hydrogen-bond acceptors (Lipinski definition) is 4. The summed E-state index contributed by atoms with van der Waals surface area (Å²) in [5.41, 5.74) is 3.72. The van der Waals surface area contributed by atoms with Crippen LogP contribution in [0.25, 0.3) is 16.5 Å². The Morgan fingerprint density at radius 3 is 3.00 bits per heavy atom. The predicted octanol–water partition coefficient (Wildman–Crippen LogP) is 2.25. The molecule has 1 N–H and O–H groups in total. The lowest BCUT2D eigenvalue weighted by molar-refractivity contribution is -0.130. The molecule has 128 valence electrons. The fraction of sp³-hybridized carbons (Fsp3) is 0.333. The average molecular weight is 336 g/mol. The Kier molecular flexibility index (Phi) is 4.28. The molecular weight excluding hydrogens is 316 g/mol. The van der Waals surface area contributed by atoms with E-state index in [0.29, 0.717) is 19.5 Å². The minimum atomic E-state index is 0.197. The van der Waals surface area contributed by atoms with Crippen LogP contribution in [0.1, 0.15) is 24.8 Å². The lowest BCUT2D eigenvalue weighted by atomic mass is 9.99. The number of aromatic amines is 1. The highest BCUT2D eigenvalue weighted by Crippen LogP contribution is 2.29. The van der Waals surface area contributed by atoms with Crippen molar-refractivity contribution < 1.29 is 4.79 Å². The number of carbonyl (C=O) groups is 1. The van der Waals surface area contributed by atoms with Gasteiger partial charge in [0.25, 0.3) is 0 Å². The Hall–Kier alpha value is -2.96. The fourth-order valence-corrected chi connectivity index (χ4v) is 3.31. The SMILES string of the molecule is O=C(CCCn1cnnn1)N1CC=C(c2c[nH]c3ccccc23)CC1. The minimum absolute atomic E-state index is 0.197. The molecule has 7 heteroatoms. The first-order valence-corrected chi connectivity index (χ1v) is 8.55. The van der Waals surface area contributed by atoms with Crippen LogP contribution >= 0.6 is 0 Å². The number of rotatable bonds is 5. The highest BCUT2D eigenvalue weighted by molar-refractivity contribution is 5.93. The fourth-order valence-electron chi connectivity index (χ4n) is 3.31. The van der Waals surface area contributed by atoms with Crippen molar-refractivity contribution in [3.05, 3.63) is 48.4 Å². The highest BCUT2D eigenvalue weighted by atomic mass is 16.2. The van der Waals surface area contributed by atoms with Gasteiger partial charge in [-0.2, -0.15) is 0 Å². The van der Waals surface area contributed by atoms with E-state index in [1.807, 2.05) is 11.0 Å². The molecule has 0 radical (unpaired) electrons. The topological polar surface area (TPSA) is 79.7 Å². The zero-order valence-electron chi connectivity index (χ0n) is 13.9. The van der Waals surface area contributed by atoms with E-state index < -0.39 is 0 Å². The van der Waals surface area contributed by atoms with Crippen LogP contribution < -0.4 is 0 Å². The van der Waals surface area contributed by atoms with Gasteiger partial charge in [-0.3, -0.25) is 4.79 Å². The molecule has 0 unspecified atom stereocenters. The van der Waals surface area contributed by atoms with E-state index in [2.05, 4.69) is 51.0 Å². The first-order chi connectivity index (χ1) is 12.3. The van der Waals surface area contributed by atoms with E-state index in [9.17, 15) is 4.79 Å². The van der Waals surface area contributed by atoms with E-state index >= 15 is 0 Å². The van der Waals surface area contributed by atoms with Crippen LogP contribution in [0.4, 0.5) is 0 Å². The normalized spacial score (nSPS) is 14.7. The Balaban J connectivity index is 1.36. The standard InChI is InChI=1S/C18H20N6O/c25-18(6-3-9-24-13-20-21-22-24)23-10-7-14(8-11-23)16-12-19-17-5-2-1-4-15(16)17/h1-2,4-5,7,12-13,19H,3,6,8-11H2. The summed E-state index contributed by atoms with van der Waals surface area (Å²) in [6.45, 7) is 2.12.